The summed E-state index contributed by atoms with van der Waals surface area (Å²) in [4.78, 5) is 31.7. The van der Waals surface area contributed by atoms with Crippen LogP contribution < -0.4 is 0 Å². The van der Waals surface area contributed by atoms with E-state index >= 15 is 0 Å². The molecule has 0 atom stereocenters. The first-order valence-electron chi connectivity index (χ1n) is 8.11. The quantitative estimate of drug-likeness (QED) is 0.523. The Bertz CT molecular complexity index is 543. The van der Waals surface area contributed by atoms with E-state index in [4.69, 9.17) is 10.2 Å². The topological polar surface area (TPSA) is 91.7 Å². The minimum atomic E-state index is -0.934. The Labute approximate surface area is 143 Å². The summed E-state index contributed by atoms with van der Waals surface area (Å²) in [6.45, 7) is 4.07. The van der Waals surface area contributed by atoms with Gasteiger partial charge < -0.3 is 10.2 Å². The lowest BCUT2D eigenvalue weighted by Crippen LogP contribution is -2.03. The minimum absolute atomic E-state index is 0.0719. The molecule has 1 rings (SSSR count). The molecule has 0 saturated heterocycles. The van der Waals surface area contributed by atoms with Crippen LogP contribution in [0.1, 0.15) is 61.9 Å². The number of carbonyl (C=O) groups is 3. The van der Waals surface area contributed by atoms with E-state index in [1.54, 1.807) is 18.2 Å². The van der Waals surface area contributed by atoms with Crippen molar-refractivity contribution in [1.29, 1.82) is 0 Å². The second kappa shape index (κ2) is 13.0. The van der Waals surface area contributed by atoms with Gasteiger partial charge in [0.25, 0.3) is 0 Å². The molecule has 0 aliphatic carbocycles. The highest BCUT2D eigenvalue weighted by atomic mass is 16.4. The van der Waals surface area contributed by atoms with Crippen LogP contribution in [0.2, 0.25) is 0 Å². The van der Waals surface area contributed by atoms with Crippen LogP contribution in [0.25, 0.3) is 0 Å². The van der Waals surface area contributed by atoms with Gasteiger partial charge in [-0.3, -0.25) is 14.4 Å². The number of rotatable bonds is 9. The van der Waals surface area contributed by atoms with E-state index in [0.29, 0.717) is 5.56 Å². The number of carbonyl (C=O) groups excluding carboxylic acids is 1. The molecule has 24 heavy (non-hydrogen) atoms. The van der Waals surface area contributed by atoms with Crippen LogP contribution in [-0.4, -0.2) is 27.9 Å². The van der Waals surface area contributed by atoms with Crippen molar-refractivity contribution in [1.82, 2.24) is 0 Å². The molecule has 5 nitrogen and oxygen atoms in total. The Kier molecular flexibility index (Phi) is 11.7. The van der Waals surface area contributed by atoms with Gasteiger partial charge in [-0.1, -0.05) is 56.7 Å². The van der Waals surface area contributed by atoms with Gasteiger partial charge >= 0.3 is 11.9 Å². The number of Topliss-reactive ketones (excluding diaryl/α,β-unsaturated/α-hetero) is 1. The average molecular weight is 334 g/mol. The first-order chi connectivity index (χ1) is 11.4. The fraction of sp³-hybridized carbons (Fsp3) is 0.421. The molecule has 0 amide bonds. The second-order valence-electron chi connectivity index (χ2n) is 5.24. The molecule has 5 heteroatoms. The Hall–Kier alpha value is -2.43. The van der Waals surface area contributed by atoms with Crippen molar-refractivity contribution in [2.45, 2.75) is 52.4 Å². The lowest BCUT2D eigenvalue weighted by Gasteiger charge is -2.01. The van der Waals surface area contributed by atoms with Crippen LogP contribution >= 0.6 is 0 Å². The Morgan fingerprint density at radius 3 is 2.00 bits per heavy atom. The molecule has 0 spiro atoms. The number of hydrogen-bond donors (Lipinski definition) is 2. The van der Waals surface area contributed by atoms with Gasteiger partial charge in [-0.2, -0.15) is 0 Å². The summed E-state index contributed by atoms with van der Waals surface area (Å²) < 4.78 is 0. The van der Waals surface area contributed by atoms with Gasteiger partial charge in [0, 0.05) is 12.0 Å². The zero-order valence-corrected chi connectivity index (χ0v) is 14.3. The molecule has 132 valence electrons. The molecule has 0 aromatic heterocycles. The van der Waals surface area contributed by atoms with Crippen LogP contribution in [0.15, 0.2) is 36.4 Å². The van der Waals surface area contributed by atoms with E-state index in [1.165, 1.54) is 5.56 Å². The summed E-state index contributed by atoms with van der Waals surface area (Å²) in [7, 11) is 0. The molecule has 0 unspecified atom stereocenters. The largest absolute Gasteiger partial charge is 0.481 e. The first-order valence-corrected chi connectivity index (χ1v) is 8.11. The van der Waals surface area contributed by atoms with Crippen LogP contribution in [0, 0.1) is 0 Å². The third kappa shape index (κ3) is 11.2. The van der Waals surface area contributed by atoms with Crippen LogP contribution in [0.3, 0.4) is 0 Å². The molecule has 2 N–H and O–H groups in total. The summed E-state index contributed by atoms with van der Waals surface area (Å²) in [5.41, 5.74) is 1.80. The highest BCUT2D eigenvalue weighted by molar-refractivity contribution is 5.97. The molecular weight excluding hydrogens is 308 g/mol. The highest BCUT2D eigenvalue weighted by Crippen LogP contribution is 2.09. The SMILES string of the molecule is CC/C=C/CC(=O)O.CCCc1ccc(C(=O)CCC(=O)O)cc1. The molecule has 0 radical (unpaired) electrons. The summed E-state index contributed by atoms with van der Waals surface area (Å²) >= 11 is 0. The molecule has 1 aromatic rings. The van der Waals surface area contributed by atoms with Gasteiger partial charge in [-0.25, -0.2) is 0 Å². The third-order valence-corrected chi connectivity index (χ3v) is 3.08. The summed E-state index contributed by atoms with van der Waals surface area (Å²) in [5, 5.41) is 16.6. The summed E-state index contributed by atoms with van der Waals surface area (Å²) in [6.07, 6.45) is 6.60. The monoisotopic (exact) mass is 334 g/mol. The van der Waals surface area contributed by atoms with Gasteiger partial charge in [-0.15, -0.1) is 0 Å². The van der Waals surface area contributed by atoms with Gasteiger partial charge in [-0.05, 0) is 18.4 Å². The minimum Gasteiger partial charge on any atom is -0.481 e. The normalized spacial score (nSPS) is 10.1. The molecule has 0 bridgehead atoms. The molecule has 0 heterocycles. The Morgan fingerprint density at radius 1 is 0.917 bits per heavy atom. The molecule has 0 aliphatic heterocycles. The van der Waals surface area contributed by atoms with Crippen molar-refractivity contribution in [2.24, 2.45) is 0 Å². The number of hydrogen-bond acceptors (Lipinski definition) is 3. The molecular formula is C19H26O5. The maximum atomic E-state index is 11.6. The van der Waals surface area contributed by atoms with Crippen LogP contribution in [0.4, 0.5) is 0 Å². The number of carboxylic acids is 2. The number of aliphatic carboxylic acids is 2. The molecule has 1 aromatic carbocycles. The Balaban J connectivity index is 0.000000561. The van der Waals surface area contributed by atoms with Crippen molar-refractivity contribution in [2.75, 3.05) is 0 Å². The van der Waals surface area contributed by atoms with Crippen molar-refractivity contribution >= 4 is 17.7 Å². The van der Waals surface area contributed by atoms with E-state index in [1.807, 2.05) is 25.1 Å². The number of carboxylic acid groups (broad SMARTS) is 2. The van der Waals surface area contributed by atoms with Gasteiger partial charge in [0.1, 0.15) is 0 Å². The van der Waals surface area contributed by atoms with Crippen molar-refractivity contribution in [3.63, 3.8) is 0 Å². The fourth-order valence-electron chi connectivity index (χ4n) is 1.86. The fourth-order valence-corrected chi connectivity index (χ4v) is 1.86. The van der Waals surface area contributed by atoms with E-state index in [-0.39, 0.29) is 25.0 Å². The molecule has 0 saturated carbocycles. The van der Waals surface area contributed by atoms with E-state index in [0.717, 1.165) is 19.3 Å². The van der Waals surface area contributed by atoms with Crippen LogP contribution in [-0.2, 0) is 16.0 Å². The standard InChI is InChI=1S/C13H16O3.C6H10O2/c1-2-3-10-4-6-11(7-5-10)12(14)8-9-13(15)16;1-2-3-4-5-6(7)8/h4-7H,2-3,8-9H2,1H3,(H,15,16);3-4H,2,5H2,1H3,(H,7,8)/b;4-3+. The molecule has 0 aliphatic rings. The lowest BCUT2D eigenvalue weighted by atomic mass is 10.0. The second-order valence-corrected chi connectivity index (χ2v) is 5.24. The molecule has 0 fully saturated rings. The van der Waals surface area contributed by atoms with E-state index in [2.05, 4.69) is 6.92 Å². The first kappa shape index (κ1) is 21.6. The predicted octanol–water partition coefficient (Wildman–Crippen LogP) is 4.11. The summed E-state index contributed by atoms with van der Waals surface area (Å²) in [6, 6.07) is 7.40. The summed E-state index contributed by atoms with van der Waals surface area (Å²) in [5.74, 6) is -1.81. The number of benzene rings is 1. The number of ketones is 1. The average Bonchev–Trinajstić information content (AvgIpc) is 2.54. The van der Waals surface area contributed by atoms with E-state index in [9.17, 15) is 14.4 Å². The Morgan fingerprint density at radius 2 is 1.54 bits per heavy atom. The third-order valence-electron chi connectivity index (χ3n) is 3.08. The van der Waals surface area contributed by atoms with Crippen molar-refractivity contribution in [3.8, 4) is 0 Å². The van der Waals surface area contributed by atoms with Crippen molar-refractivity contribution in [3.05, 3.63) is 47.5 Å². The zero-order valence-electron chi connectivity index (χ0n) is 14.3. The van der Waals surface area contributed by atoms with Crippen molar-refractivity contribution < 1.29 is 24.6 Å². The number of allylic oxidation sites excluding steroid dienone is 1. The zero-order chi connectivity index (χ0) is 18.4. The maximum Gasteiger partial charge on any atom is 0.307 e. The predicted molar refractivity (Wildman–Crippen MR) is 93.3 cm³/mol. The van der Waals surface area contributed by atoms with Gasteiger partial charge in [0.05, 0.1) is 12.8 Å². The lowest BCUT2D eigenvalue weighted by molar-refractivity contribution is -0.137. The number of aryl methyl sites for hydroxylation is 1. The van der Waals surface area contributed by atoms with Gasteiger partial charge in [0.15, 0.2) is 5.78 Å². The highest BCUT2D eigenvalue weighted by Gasteiger charge is 2.07. The van der Waals surface area contributed by atoms with E-state index < -0.39 is 11.9 Å². The smallest absolute Gasteiger partial charge is 0.307 e. The van der Waals surface area contributed by atoms with Gasteiger partial charge in [0.2, 0.25) is 0 Å². The maximum absolute atomic E-state index is 11.6. The van der Waals surface area contributed by atoms with Crippen LogP contribution in [0.5, 0.6) is 0 Å².